The quantitative estimate of drug-likeness (QED) is 0.580. The van der Waals surface area contributed by atoms with E-state index in [0.717, 1.165) is 16.3 Å². The second-order valence-corrected chi connectivity index (χ2v) is 5.04. The fourth-order valence-electron chi connectivity index (χ4n) is 2.05. The Hall–Kier alpha value is -2.80. The molecule has 0 amide bonds. The average Bonchev–Trinajstić information content (AvgIpc) is 2.53. The minimum absolute atomic E-state index is 0.272. The number of aryl methyl sites for hydroxylation is 1. The smallest absolute Gasteiger partial charge is 0.328 e. The summed E-state index contributed by atoms with van der Waals surface area (Å²) in [5, 5.41) is 17.4. The molecule has 0 aliphatic rings. The fourth-order valence-corrected chi connectivity index (χ4v) is 2.22. The van der Waals surface area contributed by atoms with Crippen molar-refractivity contribution in [3.8, 4) is 5.75 Å². The minimum atomic E-state index is -1.26. The molecule has 2 rings (SSSR count). The predicted octanol–water partition coefficient (Wildman–Crippen LogP) is 2.94. The van der Waals surface area contributed by atoms with E-state index >= 15 is 0 Å². The molecule has 24 heavy (non-hydrogen) atoms. The highest BCUT2D eigenvalue weighted by molar-refractivity contribution is 7.97. The Morgan fingerprint density at radius 3 is 1.96 bits per heavy atom. The molecule has 0 radical (unpaired) electrons. The first-order valence-electron chi connectivity index (χ1n) is 6.71. The second-order valence-electron chi connectivity index (χ2n) is 4.63. The molecule has 0 saturated carbocycles. The van der Waals surface area contributed by atoms with Crippen LogP contribution in [0.4, 0.5) is 0 Å². The van der Waals surface area contributed by atoms with Crippen LogP contribution >= 0.6 is 12.6 Å². The van der Waals surface area contributed by atoms with Crippen LogP contribution in [-0.2, 0) is 9.59 Å². The lowest BCUT2D eigenvalue weighted by Gasteiger charge is -2.11. The van der Waals surface area contributed by atoms with E-state index in [1.165, 1.54) is 0 Å². The molecular weight excluding hydrogens is 332 g/mol. The van der Waals surface area contributed by atoms with Crippen molar-refractivity contribution in [2.75, 3.05) is 7.11 Å². The van der Waals surface area contributed by atoms with Crippen LogP contribution in [0, 0.1) is 6.92 Å². The Morgan fingerprint density at radius 2 is 1.54 bits per heavy atom. The Bertz CT molecular complexity index is 794. The summed E-state index contributed by atoms with van der Waals surface area (Å²) in [5.41, 5.74) is 1.57. The van der Waals surface area contributed by atoms with Gasteiger partial charge in [0.1, 0.15) is 5.75 Å². The number of ether oxygens (including phenoxy) is 1. The van der Waals surface area contributed by atoms with Crippen LogP contribution in [0.3, 0.4) is 0 Å². The highest BCUT2D eigenvalue weighted by Crippen LogP contribution is 2.32. The van der Waals surface area contributed by atoms with Gasteiger partial charge in [-0.15, -0.1) is 12.6 Å². The maximum absolute atomic E-state index is 11.4. The average molecular weight is 348 g/mol. The lowest BCUT2D eigenvalue weighted by Crippen LogP contribution is -1.98. The summed E-state index contributed by atoms with van der Waals surface area (Å²) in [7, 11) is 1.57. The number of carbonyl (C=O) groups excluding carboxylic acids is 1. The van der Waals surface area contributed by atoms with Crippen molar-refractivity contribution in [3.63, 3.8) is 0 Å². The lowest BCUT2D eigenvalue weighted by molar-refractivity contribution is -0.134. The number of carboxylic acid groups (broad SMARTS) is 2. The Morgan fingerprint density at radius 1 is 1.04 bits per heavy atom. The number of hydrogen-bond donors (Lipinski definition) is 3. The molecule has 0 aromatic heterocycles. The number of methoxy groups -OCH3 is 1. The summed E-state index contributed by atoms with van der Waals surface area (Å²) < 4.78 is 5.31. The van der Waals surface area contributed by atoms with Gasteiger partial charge in [-0.1, -0.05) is 24.3 Å². The van der Waals surface area contributed by atoms with E-state index in [1.807, 2.05) is 37.3 Å². The van der Waals surface area contributed by atoms with E-state index in [2.05, 4.69) is 12.6 Å². The van der Waals surface area contributed by atoms with Gasteiger partial charge in [-0.3, -0.25) is 4.79 Å². The zero-order valence-electron chi connectivity index (χ0n) is 13.0. The molecule has 0 unspecified atom stereocenters. The van der Waals surface area contributed by atoms with Crippen LogP contribution in [0.5, 0.6) is 5.75 Å². The zero-order valence-corrected chi connectivity index (χ0v) is 13.9. The normalized spacial score (nSPS) is 10.1. The lowest BCUT2D eigenvalue weighted by atomic mass is 10.0. The number of aliphatic carboxylic acids is 2. The van der Waals surface area contributed by atoms with E-state index in [-0.39, 0.29) is 5.12 Å². The standard InChI is InChI=1S/C13H12O2S.C4H4O4/c1-8-7-11(13(14)16)12(15-2)10-6-4-3-5-9(8)10;5-3(6)1-2-4(7)8/h3-7H,1-2H3,(H,14,16);1-2H,(H,5,6)(H,7,8)/b;2-1-. The van der Waals surface area contributed by atoms with E-state index < -0.39 is 11.9 Å². The number of rotatable bonds is 4. The molecule has 6 nitrogen and oxygen atoms in total. The van der Waals surface area contributed by atoms with Gasteiger partial charge in [-0.2, -0.15) is 0 Å². The van der Waals surface area contributed by atoms with Crippen LogP contribution in [0.1, 0.15) is 15.9 Å². The maximum atomic E-state index is 11.4. The number of carbonyl (C=O) groups is 3. The maximum Gasteiger partial charge on any atom is 0.328 e. The van der Waals surface area contributed by atoms with Crippen molar-refractivity contribution in [1.82, 2.24) is 0 Å². The molecule has 0 atom stereocenters. The van der Waals surface area contributed by atoms with Gasteiger partial charge in [0.05, 0.1) is 12.7 Å². The molecule has 2 aromatic carbocycles. The molecule has 7 heteroatoms. The van der Waals surface area contributed by atoms with Crippen molar-refractivity contribution in [2.45, 2.75) is 6.92 Å². The molecule has 2 aromatic rings. The van der Waals surface area contributed by atoms with Gasteiger partial charge in [0.15, 0.2) is 0 Å². The molecule has 126 valence electrons. The number of benzene rings is 2. The number of carboxylic acids is 2. The van der Waals surface area contributed by atoms with E-state index in [4.69, 9.17) is 14.9 Å². The van der Waals surface area contributed by atoms with Gasteiger partial charge in [0.2, 0.25) is 5.12 Å². The van der Waals surface area contributed by atoms with Crippen molar-refractivity contribution in [3.05, 3.63) is 53.6 Å². The summed E-state index contributed by atoms with van der Waals surface area (Å²) in [6, 6.07) is 9.67. The molecule has 0 aliphatic carbocycles. The van der Waals surface area contributed by atoms with Crippen LogP contribution in [-0.4, -0.2) is 34.4 Å². The van der Waals surface area contributed by atoms with Crippen LogP contribution in [0.25, 0.3) is 10.8 Å². The number of hydrogen-bond acceptors (Lipinski definition) is 4. The van der Waals surface area contributed by atoms with Crippen molar-refractivity contribution in [2.24, 2.45) is 0 Å². The summed E-state index contributed by atoms with van der Waals surface area (Å²) >= 11 is 3.87. The first kappa shape index (κ1) is 19.2. The fraction of sp³-hybridized carbons (Fsp3) is 0.118. The topological polar surface area (TPSA) is 101 Å². The Kier molecular flexibility index (Phi) is 7.00. The van der Waals surface area contributed by atoms with Crippen molar-refractivity contribution in [1.29, 1.82) is 0 Å². The molecular formula is C17H16O6S. The second kappa shape index (κ2) is 8.73. The highest BCUT2D eigenvalue weighted by Gasteiger charge is 2.14. The third-order valence-electron chi connectivity index (χ3n) is 3.01. The first-order valence-corrected chi connectivity index (χ1v) is 7.16. The zero-order chi connectivity index (χ0) is 18.3. The summed E-state index contributed by atoms with van der Waals surface area (Å²) in [6.07, 6.45) is 1.12. The van der Waals surface area contributed by atoms with E-state index in [1.54, 1.807) is 7.11 Å². The first-order chi connectivity index (χ1) is 11.3. The minimum Gasteiger partial charge on any atom is -0.495 e. The van der Waals surface area contributed by atoms with Gasteiger partial charge >= 0.3 is 11.9 Å². The van der Waals surface area contributed by atoms with E-state index in [0.29, 0.717) is 23.5 Å². The largest absolute Gasteiger partial charge is 0.495 e. The van der Waals surface area contributed by atoms with Crippen LogP contribution < -0.4 is 4.74 Å². The van der Waals surface area contributed by atoms with Gasteiger partial charge in [0.25, 0.3) is 0 Å². The van der Waals surface area contributed by atoms with Gasteiger partial charge in [-0.05, 0) is 23.9 Å². The Balaban J connectivity index is 0.000000307. The summed E-state index contributed by atoms with van der Waals surface area (Å²) in [4.78, 5) is 30.5. The number of fused-ring (bicyclic) bond motifs is 1. The van der Waals surface area contributed by atoms with Crippen molar-refractivity contribution >= 4 is 40.5 Å². The monoisotopic (exact) mass is 348 g/mol. The molecule has 0 saturated heterocycles. The molecule has 0 fully saturated rings. The summed E-state index contributed by atoms with van der Waals surface area (Å²) in [5.74, 6) is -1.92. The van der Waals surface area contributed by atoms with Gasteiger partial charge in [0, 0.05) is 17.5 Å². The van der Waals surface area contributed by atoms with Crippen LogP contribution in [0.2, 0.25) is 0 Å². The molecule has 0 bridgehead atoms. The summed E-state index contributed by atoms with van der Waals surface area (Å²) in [6.45, 7) is 1.97. The molecule has 0 heterocycles. The van der Waals surface area contributed by atoms with Gasteiger partial charge < -0.3 is 14.9 Å². The third kappa shape index (κ3) is 5.13. The SMILES string of the molecule is COc1c(C(=O)S)cc(C)c2ccccc12.O=C(O)/C=C\C(=O)O. The van der Waals surface area contributed by atoms with Crippen molar-refractivity contribution < 1.29 is 29.3 Å². The van der Waals surface area contributed by atoms with E-state index in [9.17, 15) is 14.4 Å². The molecule has 2 N–H and O–H groups in total. The third-order valence-corrected chi connectivity index (χ3v) is 3.25. The highest BCUT2D eigenvalue weighted by atomic mass is 32.1. The molecule has 0 aliphatic heterocycles. The van der Waals surface area contributed by atoms with Crippen LogP contribution in [0.15, 0.2) is 42.5 Å². The molecule has 0 spiro atoms. The van der Waals surface area contributed by atoms with Gasteiger partial charge in [-0.25, -0.2) is 9.59 Å². The Labute approximate surface area is 143 Å². The predicted molar refractivity (Wildman–Crippen MR) is 93.0 cm³/mol. The number of thiol groups is 1.